The van der Waals surface area contributed by atoms with E-state index in [1.54, 1.807) is 29.5 Å². The molecule has 0 radical (unpaired) electrons. The molecule has 0 bridgehead atoms. The molecule has 416 valence electrons. The number of nitrogens with two attached hydrogens (primary N) is 1. The number of anilines is 2. The third kappa shape index (κ3) is 14.2. The zero-order valence-electron chi connectivity index (χ0n) is 45.7. The van der Waals surface area contributed by atoms with E-state index in [0.29, 0.717) is 75.5 Å². The van der Waals surface area contributed by atoms with Crippen LogP contribution >= 0.6 is 11.3 Å². The lowest BCUT2D eigenvalue weighted by molar-refractivity contribution is -0.144. The van der Waals surface area contributed by atoms with Gasteiger partial charge in [0.25, 0.3) is 0 Å². The third-order valence-electron chi connectivity index (χ3n) is 16.0. The number of carbonyl (C=O) groups excluding carboxylic acids is 5. The van der Waals surface area contributed by atoms with Crippen LogP contribution in [-0.4, -0.2) is 122 Å². The standard InChI is InChI=1S/C60H78N10O7S/c1-40-53(78-39-64-40)43-24-22-41(23-25-43)36-62-56(75)49-34-45(71)38-70(49)57(76)54(59(2,3)4)65-51(73)20-12-7-5-6-8-13-21-52(74)69-30-26-42(27-31-69)37-63-58(77)60(44-16-10-9-11-17-44)28-32-68(33-29-60)48-35-47(66-67-55(48)61)46-18-14-15-19-50(46)72/h9-11,14-19,22-25,35,39,42,45,49,54,71-72H,5-8,12-13,20-21,26-34,36-38H2,1-4H3,(H2,61,67)(H,62,75)(H,63,77)(H,65,73)/t45-,49+,54?/m1/s1. The van der Waals surface area contributed by atoms with Gasteiger partial charge in [0.1, 0.15) is 17.8 Å². The summed E-state index contributed by atoms with van der Waals surface area (Å²) in [4.78, 5) is 79.4. The van der Waals surface area contributed by atoms with Gasteiger partial charge in [0.05, 0.1) is 39.0 Å². The van der Waals surface area contributed by atoms with E-state index in [0.717, 1.165) is 77.9 Å². The third-order valence-corrected chi connectivity index (χ3v) is 17.0. The first-order valence-electron chi connectivity index (χ1n) is 27.8. The van der Waals surface area contributed by atoms with Crippen molar-refractivity contribution in [2.24, 2.45) is 11.3 Å². The maximum Gasteiger partial charge on any atom is 0.246 e. The van der Waals surface area contributed by atoms with Gasteiger partial charge in [0, 0.05) is 70.6 Å². The van der Waals surface area contributed by atoms with Crippen LogP contribution in [-0.2, 0) is 35.9 Å². The maximum absolute atomic E-state index is 14.3. The largest absolute Gasteiger partial charge is 0.507 e. The predicted molar refractivity (Wildman–Crippen MR) is 304 cm³/mol. The molecule has 3 aliphatic rings. The molecule has 3 saturated heterocycles. The van der Waals surface area contributed by atoms with Gasteiger partial charge in [-0.3, -0.25) is 24.0 Å². The summed E-state index contributed by atoms with van der Waals surface area (Å²) in [6.45, 7) is 11.0. The van der Waals surface area contributed by atoms with E-state index >= 15 is 0 Å². The molecule has 0 aliphatic carbocycles. The number of hydrogen-bond acceptors (Lipinski definition) is 13. The minimum atomic E-state index is -0.877. The molecular weight excluding hydrogens is 1000 g/mol. The van der Waals surface area contributed by atoms with Crippen molar-refractivity contribution in [3.63, 3.8) is 0 Å². The highest BCUT2D eigenvalue weighted by Crippen LogP contribution is 2.40. The molecule has 3 aliphatic heterocycles. The number of nitrogens with one attached hydrogen (secondary N) is 3. The number of thiazole rings is 1. The maximum atomic E-state index is 14.3. The first-order chi connectivity index (χ1) is 37.5. The van der Waals surface area contributed by atoms with Crippen molar-refractivity contribution in [3.05, 3.63) is 107 Å². The summed E-state index contributed by atoms with van der Waals surface area (Å²) in [7, 11) is 0. The van der Waals surface area contributed by atoms with Gasteiger partial charge in [-0.05, 0) is 91.7 Å². The lowest BCUT2D eigenvalue weighted by Gasteiger charge is -2.42. The number of rotatable bonds is 21. The van der Waals surface area contributed by atoms with Crippen molar-refractivity contribution in [1.29, 1.82) is 0 Å². The summed E-state index contributed by atoms with van der Waals surface area (Å²) in [5, 5.41) is 38.8. The van der Waals surface area contributed by atoms with Gasteiger partial charge in [-0.25, -0.2) is 4.98 Å². The van der Waals surface area contributed by atoms with Crippen molar-refractivity contribution in [3.8, 4) is 27.4 Å². The molecule has 1 unspecified atom stereocenters. The second-order valence-electron chi connectivity index (χ2n) is 22.6. The molecule has 3 atom stereocenters. The molecule has 0 saturated carbocycles. The molecule has 7 N–H and O–H groups in total. The molecule has 5 aromatic rings. The number of hydrogen-bond donors (Lipinski definition) is 6. The number of carbonyl (C=O) groups is 5. The first-order valence-corrected chi connectivity index (χ1v) is 28.7. The number of piperidine rings is 2. The molecule has 78 heavy (non-hydrogen) atoms. The molecule has 3 aromatic carbocycles. The summed E-state index contributed by atoms with van der Waals surface area (Å²) in [6.07, 6.45) is 7.97. The number of nitrogen functional groups attached to an aromatic ring is 1. The highest BCUT2D eigenvalue weighted by molar-refractivity contribution is 7.13. The van der Waals surface area contributed by atoms with Crippen LogP contribution in [0.4, 0.5) is 11.5 Å². The Labute approximate surface area is 462 Å². The van der Waals surface area contributed by atoms with Gasteiger partial charge in [0.15, 0.2) is 5.82 Å². The number of likely N-dealkylation sites (tertiary alicyclic amines) is 2. The summed E-state index contributed by atoms with van der Waals surface area (Å²) in [6, 6.07) is 25.0. The fraction of sp³-hybridized carbons (Fsp3) is 0.500. The van der Waals surface area contributed by atoms with Crippen molar-refractivity contribution in [1.82, 2.24) is 40.9 Å². The number of aliphatic hydroxyl groups is 1. The van der Waals surface area contributed by atoms with Gasteiger partial charge in [-0.1, -0.05) is 113 Å². The molecule has 0 spiro atoms. The van der Waals surface area contributed by atoms with Crippen LogP contribution in [0.2, 0.25) is 0 Å². The van der Waals surface area contributed by atoms with E-state index in [1.165, 1.54) is 4.90 Å². The Hall–Kier alpha value is -6.92. The molecule has 3 fully saturated rings. The first kappa shape index (κ1) is 57.3. The highest BCUT2D eigenvalue weighted by Gasteiger charge is 2.45. The Kier molecular flexibility index (Phi) is 19.2. The summed E-state index contributed by atoms with van der Waals surface area (Å²) < 4.78 is 0. The van der Waals surface area contributed by atoms with Crippen LogP contribution < -0.4 is 26.6 Å². The van der Waals surface area contributed by atoms with E-state index in [4.69, 9.17) is 5.73 Å². The molecule has 2 aromatic heterocycles. The lowest BCUT2D eigenvalue weighted by atomic mass is 9.71. The normalized spacial score (nSPS) is 18.1. The zero-order chi connectivity index (χ0) is 55.4. The number of aromatic hydroxyl groups is 1. The highest BCUT2D eigenvalue weighted by atomic mass is 32.1. The topological polar surface area (TPSA) is 236 Å². The van der Waals surface area contributed by atoms with E-state index in [1.807, 2.05) is 105 Å². The SMILES string of the molecule is Cc1ncsc1-c1ccc(CNC(=O)[C@@H]2C[C@@H](O)CN2C(=O)C(NC(=O)CCCCCCCCC(=O)N2CCC(CNC(=O)C3(c4ccccc4)CCN(c4cc(-c5ccccc5O)nnc4N)CC3)CC2)C(C)(C)C)cc1. The smallest absolute Gasteiger partial charge is 0.246 e. The fourth-order valence-corrected chi connectivity index (χ4v) is 12.0. The molecule has 8 rings (SSSR count). The van der Waals surface area contributed by atoms with Crippen LogP contribution in [0.1, 0.15) is 121 Å². The fourth-order valence-electron chi connectivity index (χ4n) is 11.2. The van der Waals surface area contributed by atoms with Gasteiger partial charge < -0.3 is 46.6 Å². The second-order valence-corrected chi connectivity index (χ2v) is 23.4. The lowest BCUT2D eigenvalue weighted by Crippen LogP contribution is -2.57. The molecule has 5 heterocycles. The van der Waals surface area contributed by atoms with Crippen LogP contribution in [0.15, 0.2) is 90.4 Å². The van der Waals surface area contributed by atoms with Crippen LogP contribution in [0, 0.1) is 18.3 Å². The Morgan fingerprint density at radius 3 is 2.17 bits per heavy atom. The Bertz CT molecular complexity index is 2840. The van der Waals surface area contributed by atoms with E-state index < -0.39 is 29.0 Å². The number of benzene rings is 3. The monoisotopic (exact) mass is 1080 g/mol. The minimum Gasteiger partial charge on any atom is -0.507 e. The Balaban J connectivity index is 0.709. The van der Waals surface area contributed by atoms with Gasteiger partial charge in [-0.15, -0.1) is 21.5 Å². The van der Waals surface area contributed by atoms with Crippen molar-refractivity contribution < 1.29 is 34.2 Å². The number of unbranched alkanes of at least 4 members (excludes halogenated alkanes) is 5. The number of aryl methyl sites for hydroxylation is 1. The van der Waals surface area contributed by atoms with Gasteiger partial charge in [-0.2, -0.15) is 0 Å². The number of aromatic nitrogens is 3. The summed E-state index contributed by atoms with van der Waals surface area (Å²) >= 11 is 1.58. The molecule has 17 nitrogen and oxygen atoms in total. The van der Waals surface area contributed by atoms with Crippen LogP contribution in [0.25, 0.3) is 21.7 Å². The predicted octanol–water partition coefficient (Wildman–Crippen LogP) is 7.69. The number of β-amino-alcohol motifs (C(OH)–C–C–N with tert-alkyl or cyclic N) is 1. The van der Waals surface area contributed by atoms with E-state index in [-0.39, 0.29) is 67.1 Å². The van der Waals surface area contributed by atoms with E-state index in [2.05, 4.69) is 36.0 Å². The number of nitrogens with zero attached hydrogens (tertiary/aromatic N) is 6. The quantitative estimate of drug-likeness (QED) is 0.0388. The Morgan fingerprint density at radius 2 is 1.50 bits per heavy atom. The number of phenolic OH excluding ortho intramolecular Hbond substituents is 1. The summed E-state index contributed by atoms with van der Waals surface area (Å²) in [5.41, 5.74) is 12.5. The number of amides is 5. The number of aliphatic hydroxyl groups excluding tert-OH is 1. The van der Waals surface area contributed by atoms with Crippen molar-refractivity contribution in [2.45, 2.75) is 141 Å². The average molecular weight is 1080 g/mol. The zero-order valence-corrected chi connectivity index (χ0v) is 46.5. The molecule has 5 amide bonds. The molecular formula is C60H78N10O7S. The van der Waals surface area contributed by atoms with Crippen molar-refractivity contribution >= 4 is 52.4 Å². The van der Waals surface area contributed by atoms with Crippen LogP contribution in [0.3, 0.4) is 0 Å². The second kappa shape index (κ2) is 26.2. The minimum absolute atomic E-state index is 0.0153. The Morgan fingerprint density at radius 1 is 0.833 bits per heavy atom. The number of para-hydroxylation sites is 1. The average Bonchev–Trinajstić information content (AvgIpc) is 4.10. The summed E-state index contributed by atoms with van der Waals surface area (Å²) in [5.74, 6) is -0.0830. The van der Waals surface area contributed by atoms with Crippen LogP contribution in [0.5, 0.6) is 5.75 Å². The van der Waals surface area contributed by atoms with E-state index in [9.17, 15) is 34.2 Å². The molecule has 18 heteroatoms. The number of phenols is 1. The van der Waals surface area contributed by atoms with Crippen molar-refractivity contribution in [2.75, 3.05) is 49.9 Å². The van der Waals surface area contributed by atoms with Gasteiger partial charge in [0.2, 0.25) is 29.5 Å². The van der Waals surface area contributed by atoms with Gasteiger partial charge >= 0.3 is 0 Å².